The van der Waals surface area contributed by atoms with Gasteiger partial charge in [0.2, 0.25) is 5.91 Å². The second-order valence-corrected chi connectivity index (χ2v) is 6.04. The zero-order chi connectivity index (χ0) is 16.2. The van der Waals surface area contributed by atoms with Gasteiger partial charge in [0.15, 0.2) is 0 Å². The number of pyridine rings is 1. The van der Waals surface area contributed by atoms with E-state index in [2.05, 4.69) is 21.7 Å². The van der Waals surface area contributed by atoms with Gasteiger partial charge < -0.3 is 10.6 Å². The number of amides is 1. The first-order valence-corrected chi connectivity index (χ1v) is 8.00. The molecule has 0 saturated heterocycles. The van der Waals surface area contributed by atoms with Crippen LogP contribution >= 0.6 is 0 Å². The molecule has 1 aliphatic carbocycles. The first-order chi connectivity index (χ1) is 11.2. The highest BCUT2D eigenvalue weighted by atomic mass is 16.2. The highest BCUT2D eigenvalue weighted by Crippen LogP contribution is 2.28. The SMILES string of the molecule is Cc1ccc2nc(NCCCNC(=O)C3CC3)c(C#N)cc2c1. The Morgan fingerprint density at radius 1 is 1.35 bits per heavy atom. The van der Waals surface area contributed by atoms with Gasteiger partial charge in [-0.3, -0.25) is 4.79 Å². The van der Waals surface area contributed by atoms with Crippen LogP contribution in [-0.2, 0) is 4.79 Å². The maximum Gasteiger partial charge on any atom is 0.223 e. The van der Waals surface area contributed by atoms with Crippen molar-refractivity contribution in [3.63, 3.8) is 0 Å². The van der Waals surface area contributed by atoms with E-state index in [1.165, 1.54) is 0 Å². The Labute approximate surface area is 135 Å². The molecule has 1 fully saturated rings. The van der Waals surface area contributed by atoms with Gasteiger partial charge in [-0.25, -0.2) is 4.98 Å². The minimum Gasteiger partial charge on any atom is -0.369 e. The van der Waals surface area contributed by atoms with E-state index in [0.29, 0.717) is 24.5 Å². The number of nitrogens with zero attached hydrogens (tertiary/aromatic N) is 2. The minimum atomic E-state index is 0.168. The van der Waals surface area contributed by atoms with Crippen LogP contribution in [0.5, 0.6) is 0 Å². The molecule has 1 aliphatic rings. The maximum absolute atomic E-state index is 11.5. The molecule has 1 saturated carbocycles. The van der Waals surface area contributed by atoms with Crippen molar-refractivity contribution in [2.75, 3.05) is 18.4 Å². The lowest BCUT2D eigenvalue weighted by atomic mass is 10.1. The van der Waals surface area contributed by atoms with Crippen LogP contribution in [0.2, 0.25) is 0 Å². The van der Waals surface area contributed by atoms with E-state index in [1.54, 1.807) is 0 Å². The quantitative estimate of drug-likeness (QED) is 0.804. The van der Waals surface area contributed by atoms with Gasteiger partial charge in [0, 0.05) is 24.4 Å². The lowest BCUT2D eigenvalue weighted by molar-refractivity contribution is -0.122. The number of carbonyl (C=O) groups is 1. The van der Waals surface area contributed by atoms with Gasteiger partial charge in [-0.2, -0.15) is 5.26 Å². The van der Waals surface area contributed by atoms with Crippen LogP contribution in [-0.4, -0.2) is 24.0 Å². The molecule has 5 nitrogen and oxygen atoms in total. The molecule has 1 heterocycles. The lowest BCUT2D eigenvalue weighted by Crippen LogP contribution is -2.27. The van der Waals surface area contributed by atoms with Crippen molar-refractivity contribution in [2.24, 2.45) is 5.92 Å². The number of hydrogen-bond acceptors (Lipinski definition) is 4. The number of benzene rings is 1. The topological polar surface area (TPSA) is 77.8 Å². The van der Waals surface area contributed by atoms with Gasteiger partial charge in [0.05, 0.1) is 11.1 Å². The Morgan fingerprint density at radius 2 is 2.17 bits per heavy atom. The summed E-state index contributed by atoms with van der Waals surface area (Å²) in [7, 11) is 0. The largest absolute Gasteiger partial charge is 0.369 e. The Hall–Kier alpha value is -2.61. The van der Waals surface area contributed by atoms with E-state index >= 15 is 0 Å². The van der Waals surface area contributed by atoms with Crippen LogP contribution in [0.25, 0.3) is 10.9 Å². The van der Waals surface area contributed by atoms with E-state index in [4.69, 9.17) is 0 Å². The zero-order valence-corrected chi connectivity index (χ0v) is 13.2. The average molecular weight is 308 g/mol. The van der Waals surface area contributed by atoms with E-state index in [0.717, 1.165) is 35.7 Å². The molecule has 0 aliphatic heterocycles. The normalized spacial score (nSPS) is 13.6. The van der Waals surface area contributed by atoms with Crippen LogP contribution in [0.3, 0.4) is 0 Å². The van der Waals surface area contributed by atoms with E-state index in [9.17, 15) is 10.1 Å². The zero-order valence-electron chi connectivity index (χ0n) is 13.2. The molecule has 1 amide bonds. The molecule has 3 rings (SSSR count). The first-order valence-electron chi connectivity index (χ1n) is 8.00. The molecule has 0 radical (unpaired) electrons. The molecule has 118 valence electrons. The van der Waals surface area contributed by atoms with Crippen LogP contribution in [0, 0.1) is 24.2 Å². The van der Waals surface area contributed by atoms with Crippen molar-refractivity contribution in [3.8, 4) is 6.07 Å². The number of hydrogen-bond donors (Lipinski definition) is 2. The smallest absolute Gasteiger partial charge is 0.223 e. The van der Waals surface area contributed by atoms with Crippen LogP contribution in [0.15, 0.2) is 24.3 Å². The third kappa shape index (κ3) is 3.78. The summed E-state index contributed by atoms with van der Waals surface area (Å²) in [5.74, 6) is 1.03. The summed E-state index contributed by atoms with van der Waals surface area (Å²) in [6.07, 6.45) is 2.85. The third-order valence-electron chi connectivity index (χ3n) is 3.98. The highest BCUT2D eigenvalue weighted by Gasteiger charge is 2.28. The summed E-state index contributed by atoms with van der Waals surface area (Å²) in [6.45, 7) is 3.34. The van der Waals surface area contributed by atoms with Gasteiger partial charge >= 0.3 is 0 Å². The lowest BCUT2D eigenvalue weighted by Gasteiger charge is -2.10. The number of fused-ring (bicyclic) bond motifs is 1. The molecule has 2 aromatic rings. The van der Waals surface area contributed by atoms with E-state index < -0.39 is 0 Å². The average Bonchev–Trinajstić information content (AvgIpc) is 3.38. The molecule has 0 spiro atoms. The molecule has 0 atom stereocenters. The number of nitrogens with one attached hydrogen (secondary N) is 2. The fourth-order valence-corrected chi connectivity index (χ4v) is 2.51. The van der Waals surface area contributed by atoms with Crippen LogP contribution in [0.4, 0.5) is 5.82 Å². The summed E-state index contributed by atoms with van der Waals surface area (Å²) >= 11 is 0. The first kappa shape index (κ1) is 15.3. The van der Waals surface area contributed by atoms with E-state index in [-0.39, 0.29) is 11.8 Å². The molecule has 1 aromatic heterocycles. The number of rotatable bonds is 6. The second-order valence-electron chi connectivity index (χ2n) is 6.04. The number of aromatic nitrogens is 1. The van der Waals surface area contributed by atoms with E-state index in [1.807, 2.05) is 31.2 Å². The Kier molecular flexibility index (Phi) is 4.42. The fourth-order valence-electron chi connectivity index (χ4n) is 2.51. The van der Waals surface area contributed by atoms with Crippen molar-refractivity contribution in [3.05, 3.63) is 35.4 Å². The maximum atomic E-state index is 11.5. The number of anilines is 1. The number of nitriles is 1. The Morgan fingerprint density at radius 3 is 2.91 bits per heavy atom. The van der Waals surface area contributed by atoms with Crippen molar-refractivity contribution in [2.45, 2.75) is 26.2 Å². The van der Waals surface area contributed by atoms with Crippen LogP contribution in [0.1, 0.15) is 30.4 Å². The van der Waals surface area contributed by atoms with Gasteiger partial charge in [-0.15, -0.1) is 0 Å². The third-order valence-corrected chi connectivity index (χ3v) is 3.98. The predicted octanol–water partition coefficient (Wildman–Crippen LogP) is 2.74. The van der Waals surface area contributed by atoms with Crippen molar-refractivity contribution in [1.82, 2.24) is 10.3 Å². The van der Waals surface area contributed by atoms with Gasteiger partial charge in [0.25, 0.3) is 0 Å². The second kappa shape index (κ2) is 6.66. The standard InChI is InChI=1S/C18H20N4O/c1-12-3-6-16-14(9-12)10-15(11-19)17(22-16)20-7-2-8-21-18(23)13-4-5-13/h3,6,9-10,13H,2,4-5,7-8H2,1H3,(H,20,22)(H,21,23). The summed E-state index contributed by atoms with van der Waals surface area (Å²) in [5.41, 5.74) is 2.57. The molecular formula is C18H20N4O. The molecule has 2 N–H and O–H groups in total. The number of aryl methyl sites for hydroxylation is 1. The van der Waals surface area contributed by atoms with Crippen molar-refractivity contribution >= 4 is 22.6 Å². The highest BCUT2D eigenvalue weighted by molar-refractivity contribution is 5.83. The van der Waals surface area contributed by atoms with Crippen molar-refractivity contribution < 1.29 is 4.79 Å². The van der Waals surface area contributed by atoms with Gasteiger partial charge in [-0.1, -0.05) is 11.6 Å². The minimum absolute atomic E-state index is 0.168. The Bertz CT molecular complexity index is 774. The van der Waals surface area contributed by atoms with Crippen LogP contribution < -0.4 is 10.6 Å². The summed E-state index contributed by atoms with van der Waals surface area (Å²) in [6, 6.07) is 10.1. The molecule has 5 heteroatoms. The summed E-state index contributed by atoms with van der Waals surface area (Å²) in [4.78, 5) is 16.1. The summed E-state index contributed by atoms with van der Waals surface area (Å²) < 4.78 is 0. The molecular weight excluding hydrogens is 288 g/mol. The molecule has 0 bridgehead atoms. The predicted molar refractivity (Wildman–Crippen MR) is 90.0 cm³/mol. The molecule has 23 heavy (non-hydrogen) atoms. The molecule has 1 aromatic carbocycles. The van der Waals surface area contributed by atoms with Gasteiger partial charge in [-0.05, 0) is 44.4 Å². The number of carbonyl (C=O) groups excluding carboxylic acids is 1. The van der Waals surface area contributed by atoms with Crippen molar-refractivity contribution in [1.29, 1.82) is 5.26 Å². The molecule has 0 unspecified atom stereocenters. The Balaban J connectivity index is 1.59. The fraction of sp³-hybridized carbons (Fsp3) is 0.389. The summed E-state index contributed by atoms with van der Waals surface area (Å²) in [5, 5.41) is 16.4. The van der Waals surface area contributed by atoms with Gasteiger partial charge in [0.1, 0.15) is 11.9 Å². The monoisotopic (exact) mass is 308 g/mol.